The molecule has 3 aromatic carbocycles. The van der Waals surface area contributed by atoms with Gasteiger partial charge in [0.2, 0.25) is 0 Å². The first-order valence-electron chi connectivity index (χ1n) is 8.35. The number of hydrogen-bond acceptors (Lipinski definition) is 4. The second-order valence-corrected chi connectivity index (χ2v) is 5.79. The minimum absolute atomic E-state index is 0.224. The molecule has 0 heterocycles. The topological polar surface area (TPSA) is 64.6 Å². The number of hydrogen-bond donors (Lipinski definition) is 1. The van der Waals surface area contributed by atoms with Crippen LogP contribution in [-0.2, 0) is 0 Å². The molecule has 0 saturated carbocycles. The largest absolute Gasteiger partial charge is 0.497 e. The van der Waals surface area contributed by atoms with E-state index in [1.165, 1.54) is 0 Å². The molecule has 0 aromatic heterocycles. The summed E-state index contributed by atoms with van der Waals surface area (Å²) in [5, 5.41) is 2.81. The van der Waals surface area contributed by atoms with Crippen molar-refractivity contribution in [2.75, 3.05) is 19.5 Å². The van der Waals surface area contributed by atoms with E-state index >= 15 is 0 Å². The molecule has 1 N–H and O–H groups in total. The number of ether oxygens (including phenoxy) is 2. The van der Waals surface area contributed by atoms with Gasteiger partial charge < -0.3 is 14.8 Å². The van der Waals surface area contributed by atoms with Crippen LogP contribution in [0.4, 0.5) is 5.69 Å². The van der Waals surface area contributed by atoms with Gasteiger partial charge in [-0.2, -0.15) is 0 Å². The predicted molar refractivity (Wildman–Crippen MR) is 104 cm³/mol. The molecule has 0 aliphatic carbocycles. The van der Waals surface area contributed by atoms with E-state index in [9.17, 15) is 9.59 Å². The first-order valence-corrected chi connectivity index (χ1v) is 8.35. The van der Waals surface area contributed by atoms with Gasteiger partial charge in [0.05, 0.1) is 19.8 Å². The zero-order valence-corrected chi connectivity index (χ0v) is 15.1. The molecule has 0 radical (unpaired) electrons. The Kier molecular flexibility index (Phi) is 5.52. The van der Waals surface area contributed by atoms with Crippen LogP contribution in [-0.4, -0.2) is 25.9 Å². The van der Waals surface area contributed by atoms with E-state index in [-0.39, 0.29) is 11.7 Å². The van der Waals surface area contributed by atoms with Crippen molar-refractivity contribution in [3.63, 3.8) is 0 Å². The molecule has 0 aliphatic rings. The zero-order valence-electron chi connectivity index (χ0n) is 15.1. The molecule has 3 rings (SSSR count). The van der Waals surface area contributed by atoms with Crippen LogP contribution in [0.2, 0.25) is 0 Å². The molecule has 0 saturated heterocycles. The zero-order chi connectivity index (χ0) is 19.2. The van der Waals surface area contributed by atoms with Crippen LogP contribution in [0, 0.1) is 0 Å². The van der Waals surface area contributed by atoms with Crippen molar-refractivity contribution in [3.8, 4) is 11.5 Å². The molecule has 0 aliphatic heterocycles. The van der Waals surface area contributed by atoms with Crippen LogP contribution < -0.4 is 14.8 Å². The summed E-state index contributed by atoms with van der Waals surface area (Å²) in [4.78, 5) is 25.6. The second-order valence-electron chi connectivity index (χ2n) is 5.79. The van der Waals surface area contributed by atoms with E-state index in [2.05, 4.69) is 5.32 Å². The van der Waals surface area contributed by atoms with Gasteiger partial charge in [-0.3, -0.25) is 9.59 Å². The summed E-state index contributed by atoms with van der Waals surface area (Å²) in [6, 6.07) is 20.5. The van der Waals surface area contributed by atoms with Gasteiger partial charge in [-0.05, 0) is 54.6 Å². The van der Waals surface area contributed by atoms with Gasteiger partial charge in [0.1, 0.15) is 11.5 Å². The standard InChI is InChI=1S/C22H19NO4/c1-26-17-11-7-15(8-12-17)21(24)19-5-3-4-6-20(19)22(25)23-16-9-13-18(27-2)14-10-16/h3-14H,1-2H3,(H,23,25). The van der Waals surface area contributed by atoms with Crippen molar-refractivity contribution in [1.82, 2.24) is 0 Å². The summed E-state index contributed by atoms with van der Waals surface area (Å²) in [7, 11) is 3.14. The third-order valence-electron chi connectivity index (χ3n) is 4.12. The molecule has 3 aromatic rings. The van der Waals surface area contributed by atoms with Crippen LogP contribution in [0.15, 0.2) is 72.8 Å². The van der Waals surface area contributed by atoms with E-state index in [0.29, 0.717) is 33.9 Å². The van der Waals surface area contributed by atoms with Crippen LogP contribution in [0.25, 0.3) is 0 Å². The fourth-order valence-corrected chi connectivity index (χ4v) is 2.65. The van der Waals surface area contributed by atoms with Gasteiger partial charge in [-0.25, -0.2) is 0 Å². The van der Waals surface area contributed by atoms with E-state index in [0.717, 1.165) is 0 Å². The van der Waals surface area contributed by atoms with Gasteiger partial charge in [0.25, 0.3) is 5.91 Å². The maximum absolute atomic E-state index is 12.9. The number of rotatable bonds is 6. The summed E-state index contributed by atoms with van der Waals surface area (Å²) >= 11 is 0. The number of anilines is 1. The van der Waals surface area contributed by atoms with E-state index in [1.54, 1.807) is 87.0 Å². The lowest BCUT2D eigenvalue weighted by molar-refractivity contribution is 0.0996. The SMILES string of the molecule is COc1ccc(NC(=O)c2ccccc2C(=O)c2ccc(OC)cc2)cc1. The number of nitrogens with one attached hydrogen (secondary N) is 1. The molecule has 0 fully saturated rings. The third-order valence-corrected chi connectivity index (χ3v) is 4.12. The highest BCUT2D eigenvalue weighted by Gasteiger charge is 2.18. The average Bonchev–Trinajstić information content (AvgIpc) is 2.73. The van der Waals surface area contributed by atoms with Crippen LogP contribution in [0.3, 0.4) is 0 Å². The summed E-state index contributed by atoms with van der Waals surface area (Å²) in [5.74, 6) is 0.788. The molecule has 0 unspecified atom stereocenters. The molecule has 136 valence electrons. The minimum Gasteiger partial charge on any atom is -0.497 e. The first kappa shape index (κ1) is 18.2. The predicted octanol–water partition coefficient (Wildman–Crippen LogP) is 4.19. The van der Waals surface area contributed by atoms with Gasteiger partial charge >= 0.3 is 0 Å². The van der Waals surface area contributed by atoms with Crippen molar-refractivity contribution >= 4 is 17.4 Å². The maximum atomic E-state index is 12.9. The highest BCUT2D eigenvalue weighted by atomic mass is 16.5. The summed E-state index contributed by atoms with van der Waals surface area (Å²) < 4.78 is 10.2. The van der Waals surface area contributed by atoms with Crippen LogP contribution in [0.5, 0.6) is 11.5 Å². The van der Waals surface area contributed by atoms with Gasteiger partial charge in [0.15, 0.2) is 5.78 Å². The van der Waals surface area contributed by atoms with Crippen molar-refractivity contribution in [1.29, 1.82) is 0 Å². The molecule has 27 heavy (non-hydrogen) atoms. The molecular weight excluding hydrogens is 342 g/mol. The van der Waals surface area contributed by atoms with E-state index in [4.69, 9.17) is 9.47 Å². The Morgan fingerprint density at radius 2 is 1.22 bits per heavy atom. The lowest BCUT2D eigenvalue weighted by Crippen LogP contribution is -2.16. The van der Waals surface area contributed by atoms with Gasteiger partial charge in [-0.15, -0.1) is 0 Å². The number of carbonyl (C=O) groups is 2. The molecule has 0 bridgehead atoms. The highest BCUT2D eigenvalue weighted by molar-refractivity contribution is 6.17. The Hall–Kier alpha value is -3.60. The number of carbonyl (C=O) groups excluding carboxylic acids is 2. The Bertz CT molecular complexity index is 947. The van der Waals surface area contributed by atoms with E-state index < -0.39 is 0 Å². The summed E-state index contributed by atoms with van der Waals surface area (Å²) in [6.07, 6.45) is 0. The fraction of sp³-hybridized carbons (Fsp3) is 0.0909. The quantitative estimate of drug-likeness (QED) is 0.669. The summed E-state index contributed by atoms with van der Waals surface area (Å²) in [6.45, 7) is 0. The molecule has 1 amide bonds. The normalized spacial score (nSPS) is 10.1. The number of benzene rings is 3. The van der Waals surface area contributed by atoms with Crippen LogP contribution >= 0.6 is 0 Å². The van der Waals surface area contributed by atoms with Crippen molar-refractivity contribution in [2.45, 2.75) is 0 Å². The van der Waals surface area contributed by atoms with Crippen molar-refractivity contribution in [2.24, 2.45) is 0 Å². The Morgan fingerprint density at radius 1 is 0.704 bits per heavy atom. The number of methoxy groups -OCH3 is 2. The minimum atomic E-state index is -0.349. The molecular formula is C22H19NO4. The fourth-order valence-electron chi connectivity index (χ4n) is 2.65. The van der Waals surface area contributed by atoms with E-state index in [1.807, 2.05) is 0 Å². The number of amides is 1. The lowest BCUT2D eigenvalue weighted by atomic mass is 9.98. The van der Waals surface area contributed by atoms with Gasteiger partial charge in [0, 0.05) is 16.8 Å². The highest BCUT2D eigenvalue weighted by Crippen LogP contribution is 2.20. The lowest BCUT2D eigenvalue weighted by Gasteiger charge is -2.10. The van der Waals surface area contributed by atoms with Crippen molar-refractivity contribution in [3.05, 3.63) is 89.5 Å². The number of ketones is 1. The van der Waals surface area contributed by atoms with Crippen LogP contribution in [0.1, 0.15) is 26.3 Å². The average molecular weight is 361 g/mol. The molecule has 0 spiro atoms. The molecule has 0 atom stereocenters. The molecule has 5 nitrogen and oxygen atoms in total. The van der Waals surface area contributed by atoms with Gasteiger partial charge in [-0.1, -0.05) is 18.2 Å². The smallest absolute Gasteiger partial charge is 0.256 e. The Balaban J connectivity index is 1.85. The Labute approximate surface area is 157 Å². The maximum Gasteiger partial charge on any atom is 0.256 e. The third kappa shape index (κ3) is 4.15. The first-order chi connectivity index (χ1) is 13.1. The Morgan fingerprint density at radius 3 is 1.78 bits per heavy atom. The molecule has 5 heteroatoms. The second kappa shape index (κ2) is 8.19. The summed E-state index contributed by atoms with van der Waals surface area (Å²) in [5.41, 5.74) is 1.76. The van der Waals surface area contributed by atoms with Crippen molar-refractivity contribution < 1.29 is 19.1 Å². The monoisotopic (exact) mass is 361 g/mol.